The minimum Gasteiger partial charge on any atom is -0.354 e. The molecule has 1 amide bonds. The number of rotatable bonds is 6. The van der Waals surface area contributed by atoms with Crippen LogP contribution in [-0.2, 0) is 11.3 Å². The number of carbonyl (C=O) groups excluding carboxylic acids is 1. The minimum absolute atomic E-state index is 0.0164. The summed E-state index contributed by atoms with van der Waals surface area (Å²) in [7, 11) is 0. The molecule has 20 heavy (non-hydrogen) atoms. The third-order valence-corrected chi connectivity index (χ3v) is 3.28. The maximum absolute atomic E-state index is 12.0. The number of hydrogen-bond acceptors (Lipinski definition) is 3. The summed E-state index contributed by atoms with van der Waals surface area (Å²) in [6.07, 6.45) is 8.23. The molecule has 1 N–H and O–H groups in total. The summed E-state index contributed by atoms with van der Waals surface area (Å²) < 4.78 is 3.76. The van der Waals surface area contributed by atoms with Gasteiger partial charge in [-0.3, -0.25) is 9.48 Å². The molecule has 2 rings (SSSR count). The van der Waals surface area contributed by atoms with E-state index in [-0.39, 0.29) is 11.9 Å². The van der Waals surface area contributed by atoms with Gasteiger partial charge in [-0.15, -0.1) is 0 Å². The van der Waals surface area contributed by atoms with Crippen LogP contribution in [0.15, 0.2) is 24.8 Å². The summed E-state index contributed by atoms with van der Waals surface area (Å²) in [5.74, 6) is 0.863. The average molecular weight is 275 g/mol. The summed E-state index contributed by atoms with van der Waals surface area (Å²) in [5, 5.41) is 7.16. The van der Waals surface area contributed by atoms with Gasteiger partial charge in [-0.1, -0.05) is 0 Å². The van der Waals surface area contributed by atoms with E-state index in [2.05, 4.69) is 15.4 Å². The van der Waals surface area contributed by atoms with Crippen molar-refractivity contribution >= 4 is 5.91 Å². The summed E-state index contributed by atoms with van der Waals surface area (Å²) in [5.41, 5.74) is 1.15. The predicted octanol–water partition coefficient (Wildman–Crippen LogP) is 1.46. The zero-order valence-electron chi connectivity index (χ0n) is 12.2. The fraction of sp³-hybridized carbons (Fsp3) is 0.500. The molecule has 2 heterocycles. The van der Waals surface area contributed by atoms with E-state index in [0.717, 1.165) is 24.4 Å². The quantitative estimate of drug-likeness (QED) is 0.812. The first-order valence-electron chi connectivity index (χ1n) is 6.84. The van der Waals surface area contributed by atoms with Crippen molar-refractivity contribution in [2.75, 3.05) is 6.54 Å². The molecule has 0 fully saturated rings. The number of nitrogens with zero attached hydrogens (tertiary/aromatic N) is 4. The number of aromatic nitrogens is 4. The lowest BCUT2D eigenvalue weighted by molar-refractivity contribution is -0.123. The number of hydrogen-bond donors (Lipinski definition) is 1. The van der Waals surface area contributed by atoms with Gasteiger partial charge in [0.1, 0.15) is 11.9 Å². The second kappa shape index (κ2) is 6.36. The second-order valence-electron chi connectivity index (χ2n) is 4.98. The number of nitrogens with one attached hydrogen (secondary N) is 1. The Morgan fingerprint density at radius 1 is 1.45 bits per heavy atom. The first kappa shape index (κ1) is 14.3. The maximum atomic E-state index is 12.0. The smallest absolute Gasteiger partial charge is 0.242 e. The van der Waals surface area contributed by atoms with Crippen LogP contribution >= 0.6 is 0 Å². The Morgan fingerprint density at radius 3 is 2.85 bits per heavy atom. The highest BCUT2D eigenvalue weighted by Crippen LogP contribution is 2.08. The highest BCUT2D eigenvalue weighted by Gasteiger charge is 2.15. The van der Waals surface area contributed by atoms with E-state index >= 15 is 0 Å². The molecule has 6 nitrogen and oxygen atoms in total. The van der Waals surface area contributed by atoms with Gasteiger partial charge in [0.15, 0.2) is 0 Å². The Morgan fingerprint density at radius 2 is 2.25 bits per heavy atom. The maximum Gasteiger partial charge on any atom is 0.242 e. The number of carbonyl (C=O) groups is 1. The van der Waals surface area contributed by atoms with Gasteiger partial charge in [-0.2, -0.15) is 5.10 Å². The Labute approximate surface area is 118 Å². The van der Waals surface area contributed by atoms with Crippen molar-refractivity contribution in [2.24, 2.45) is 0 Å². The molecule has 0 aliphatic rings. The molecular weight excluding hydrogens is 254 g/mol. The van der Waals surface area contributed by atoms with Gasteiger partial charge >= 0.3 is 0 Å². The summed E-state index contributed by atoms with van der Waals surface area (Å²) in [6.45, 7) is 7.24. The van der Waals surface area contributed by atoms with Crippen LogP contribution < -0.4 is 5.32 Å². The largest absolute Gasteiger partial charge is 0.354 e. The Kier molecular flexibility index (Phi) is 4.55. The average Bonchev–Trinajstić information content (AvgIpc) is 3.02. The molecule has 0 radical (unpaired) electrons. The van der Waals surface area contributed by atoms with Gasteiger partial charge in [0.2, 0.25) is 5.91 Å². The van der Waals surface area contributed by atoms with Crippen LogP contribution in [0.5, 0.6) is 0 Å². The zero-order valence-corrected chi connectivity index (χ0v) is 12.2. The third kappa shape index (κ3) is 3.46. The van der Waals surface area contributed by atoms with Crippen molar-refractivity contribution in [2.45, 2.75) is 39.8 Å². The van der Waals surface area contributed by atoms with Gasteiger partial charge in [0.05, 0.1) is 6.20 Å². The molecule has 6 heteroatoms. The van der Waals surface area contributed by atoms with Gasteiger partial charge in [0, 0.05) is 31.7 Å². The van der Waals surface area contributed by atoms with Gasteiger partial charge < -0.3 is 9.88 Å². The van der Waals surface area contributed by atoms with E-state index < -0.39 is 0 Å². The van der Waals surface area contributed by atoms with Crippen molar-refractivity contribution in [1.29, 1.82) is 0 Å². The van der Waals surface area contributed by atoms with Crippen LogP contribution in [0.1, 0.15) is 30.8 Å². The van der Waals surface area contributed by atoms with Gasteiger partial charge in [-0.05, 0) is 32.8 Å². The molecule has 0 saturated carbocycles. The summed E-state index contributed by atoms with van der Waals surface area (Å²) in [4.78, 5) is 16.2. The van der Waals surface area contributed by atoms with Crippen molar-refractivity contribution in [3.8, 4) is 0 Å². The molecule has 0 bridgehead atoms. The van der Waals surface area contributed by atoms with Crippen molar-refractivity contribution in [1.82, 2.24) is 24.6 Å². The molecule has 0 spiro atoms. The van der Waals surface area contributed by atoms with E-state index in [9.17, 15) is 4.79 Å². The normalized spacial score (nSPS) is 12.3. The molecule has 0 aromatic carbocycles. The van der Waals surface area contributed by atoms with Gasteiger partial charge in [-0.25, -0.2) is 4.98 Å². The molecule has 0 unspecified atom stereocenters. The topological polar surface area (TPSA) is 64.7 Å². The molecule has 0 aliphatic heterocycles. The molecule has 1 atom stereocenters. The highest BCUT2D eigenvalue weighted by molar-refractivity contribution is 5.79. The number of aryl methyl sites for hydroxylation is 3. The molecule has 108 valence electrons. The molecule has 0 aliphatic carbocycles. The first-order chi connectivity index (χ1) is 9.58. The fourth-order valence-electron chi connectivity index (χ4n) is 2.11. The van der Waals surface area contributed by atoms with E-state index in [1.165, 1.54) is 0 Å². The molecular formula is C14H21N5O. The molecule has 0 saturated heterocycles. The Hall–Kier alpha value is -2.11. The van der Waals surface area contributed by atoms with E-state index in [0.29, 0.717) is 6.54 Å². The number of imidazole rings is 1. The van der Waals surface area contributed by atoms with E-state index in [1.807, 2.05) is 48.6 Å². The number of amides is 1. The van der Waals surface area contributed by atoms with Crippen LogP contribution in [0.25, 0.3) is 0 Å². The molecule has 2 aromatic rings. The van der Waals surface area contributed by atoms with Gasteiger partial charge in [0.25, 0.3) is 0 Å². The van der Waals surface area contributed by atoms with Crippen LogP contribution in [0.3, 0.4) is 0 Å². The minimum atomic E-state index is -0.232. The second-order valence-corrected chi connectivity index (χ2v) is 4.98. The Balaban J connectivity index is 1.74. The first-order valence-corrected chi connectivity index (χ1v) is 6.84. The van der Waals surface area contributed by atoms with Crippen molar-refractivity contribution in [3.63, 3.8) is 0 Å². The Bertz CT molecular complexity index is 572. The lowest BCUT2D eigenvalue weighted by Crippen LogP contribution is -2.32. The summed E-state index contributed by atoms with van der Waals surface area (Å²) >= 11 is 0. The zero-order chi connectivity index (χ0) is 14.5. The third-order valence-electron chi connectivity index (χ3n) is 3.28. The van der Waals surface area contributed by atoms with Crippen molar-refractivity contribution < 1.29 is 4.79 Å². The predicted molar refractivity (Wildman–Crippen MR) is 76.3 cm³/mol. The van der Waals surface area contributed by atoms with E-state index in [1.54, 1.807) is 6.20 Å². The van der Waals surface area contributed by atoms with Crippen LogP contribution in [0.4, 0.5) is 0 Å². The van der Waals surface area contributed by atoms with Crippen molar-refractivity contribution in [3.05, 3.63) is 36.2 Å². The highest BCUT2D eigenvalue weighted by atomic mass is 16.2. The fourth-order valence-corrected chi connectivity index (χ4v) is 2.11. The lowest BCUT2D eigenvalue weighted by Gasteiger charge is -2.15. The van der Waals surface area contributed by atoms with Crippen LogP contribution in [-0.4, -0.2) is 31.8 Å². The van der Waals surface area contributed by atoms with Crippen LogP contribution in [0.2, 0.25) is 0 Å². The lowest BCUT2D eigenvalue weighted by atomic mass is 10.3. The standard InChI is InChI=1S/C14H21N5O/c1-11-9-17-18(10-11)7-4-5-16-14(20)12(2)19-8-6-15-13(19)3/h6,8-10,12H,4-5,7H2,1-3H3,(H,16,20)/t12-/m0/s1. The molecule has 2 aromatic heterocycles. The summed E-state index contributed by atoms with van der Waals surface area (Å²) in [6, 6.07) is -0.232. The van der Waals surface area contributed by atoms with E-state index in [4.69, 9.17) is 0 Å². The monoisotopic (exact) mass is 275 g/mol. The van der Waals surface area contributed by atoms with Crippen LogP contribution in [0, 0.1) is 13.8 Å². The SMILES string of the molecule is Cc1cnn(CCCNC(=O)[C@H](C)n2ccnc2C)c1.